The zero-order valence-corrected chi connectivity index (χ0v) is 51.1. The smallest absolute Gasteiger partial charge is 0.248 e. The number of carbonyl (C=O) groups is 3. The third kappa shape index (κ3) is 22.4. The molecule has 2 amide bonds. The van der Waals surface area contributed by atoms with Gasteiger partial charge in [0.05, 0.1) is 30.3 Å². The lowest BCUT2D eigenvalue weighted by Gasteiger charge is -2.29. The Balaban J connectivity index is 0.000000202. The number of aliphatic hydroxyl groups excluding tert-OH is 2. The number of anilines is 3. The van der Waals surface area contributed by atoms with E-state index in [0.29, 0.717) is 104 Å². The summed E-state index contributed by atoms with van der Waals surface area (Å²) in [6.45, 7) is 10.7. The van der Waals surface area contributed by atoms with E-state index in [0.717, 1.165) is 16.7 Å². The van der Waals surface area contributed by atoms with Gasteiger partial charge in [-0.2, -0.15) is 15.3 Å². The number of nitrogens with zero attached hydrogens (tertiary/aromatic N) is 9. The van der Waals surface area contributed by atoms with Crippen molar-refractivity contribution in [1.29, 1.82) is 0 Å². The van der Waals surface area contributed by atoms with E-state index in [1.807, 2.05) is 32.0 Å². The highest BCUT2D eigenvalue weighted by atomic mass is 35.5. The standard InChI is InChI=1S/C20H26F3N5O.C20H27F2N5O2.C16H21F2N5O.C4H7ClO/c1-13(2)19(29)24-12-14-9-17(25-15-3-6-20(22,23)7-4-15)26-18(10-14)28-8-5-16(11-21)27-28;1-13(2)19(29)23-11-14-9-17(24-15-3-6-20(21,22)7-4-15)25-18(10-14)27-8-5-16(12-28)26-27;17-16(18)4-1-12(2-5-16)20-14-7-11(9-19)8-15(21-14)23-6-3-13(10-24)22-23;1-3(2)4(5)6/h5,8-10,13,15H,3-4,6-7,11-12H2,1-2H3,(H,24,29)(H,25,26);5,8-10,13,15,28H,3-4,6-7,11-12H2,1-2H3,(H,23,29)(H,24,25);3,6-8,12,24H,1-2,4-5,9-10,19H2,(H,20,21);3H,1-2H3. The van der Waals surface area contributed by atoms with Gasteiger partial charge in [-0.05, 0) is 121 Å². The van der Waals surface area contributed by atoms with Crippen molar-refractivity contribution in [3.8, 4) is 17.5 Å². The van der Waals surface area contributed by atoms with Crippen LogP contribution in [0.4, 0.5) is 48.2 Å². The number of hydrogen-bond donors (Lipinski definition) is 8. The van der Waals surface area contributed by atoms with Crippen LogP contribution < -0.4 is 32.3 Å². The lowest BCUT2D eigenvalue weighted by Crippen LogP contribution is -2.32. The number of aromatic nitrogens is 9. The maximum absolute atomic E-state index is 13.4. The molecule has 3 aliphatic rings. The molecule has 3 fully saturated rings. The lowest BCUT2D eigenvalue weighted by molar-refractivity contribution is -0.124. The third-order valence-electron chi connectivity index (χ3n) is 14.6. The maximum atomic E-state index is 13.4. The van der Waals surface area contributed by atoms with Crippen molar-refractivity contribution in [2.24, 2.45) is 23.5 Å². The SMILES string of the molecule is CC(C)C(=O)Cl.CC(C)C(=O)NCc1cc(NC2CCC(F)(F)CC2)nc(-n2ccc(CF)n2)c1.CC(C)C(=O)NCc1cc(NC2CCC(F)(F)CC2)nc(-n2ccc(CO)n2)c1.NCc1cc(NC2CCC(F)(F)CC2)nc(-n2ccc(CO)n2)c1. The predicted octanol–water partition coefficient (Wildman–Crippen LogP) is 10.6. The molecule has 0 aromatic carbocycles. The molecule has 88 heavy (non-hydrogen) atoms. The molecule has 6 heterocycles. The summed E-state index contributed by atoms with van der Waals surface area (Å²) in [6, 6.07) is 15.5. The normalized spacial score (nSPS) is 16.5. The van der Waals surface area contributed by atoms with E-state index in [9.17, 15) is 50.2 Å². The second-order valence-corrected chi connectivity index (χ2v) is 23.5. The number of nitrogens with two attached hydrogens (primary N) is 1. The molecule has 28 heteroatoms. The van der Waals surface area contributed by atoms with Crippen molar-refractivity contribution < 1.29 is 55.3 Å². The summed E-state index contributed by atoms with van der Waals surface area (Å²) in [5, 5.41) is 46.2. The average molecular weight is 1260 g/mol. The van der Waals surface area contributed by atoms with E-state index in [1.165, 1.54) is 4.68 Å². The Morgan fingerprint density at radius 3 is 1.09 bits per heavy atom. The fourth-order valence-corrected chi connectivity index (χ4v) is 9.28. The molecule has 9 N–H and O–H groups in total. The molecule has 482 valence electrons. The second-order valence-electron chi connectivity index (χ2n) is 23.1. The molecule has 6 aromatic rings. The topological polar surface area (TPSA) is 270 Å². The van der Waals surface area contributed by atoms with Gasteiger partial charge in [0.15, 0.2) is 17.5 Å². The van der Waals surface area contributed by atoms with Gasteiger partial charge in [-0.3, -0.25) is 14.4 Å². The average Bonchev–Trinajstić information content (AvgIpc) is 2.62. The molecule has 20 nitrogen and oxygen atoms in total. The summed E-state index contributed by atoms with van der Waals surface area (Å²) in [5.41, 5.74) is 9.54. The van der Waals surface area contributed by atoms with E-state index in [1.54, 1.807) is 92.0 Å². The number of rotatable bonds is 20. The minimum atomic E-state index is -2.60. The summed E-state index contributed by atoms with van der Waals surface area (Å²) in [5.74, 6) is -4.95. The van der Waals surface area contributed by atoms with Crippen molar-refractivity contribution in [2.75, 3.05) is 16.0 Å². The van der Waals surface area contributed by atoms with E-state index < -0.39 is 24.4 Å². The van der Waals surface area contributed by atoms with Crippen LogP contribution in [-0.4, -0.2) is 107 Å². The molecule has 0 atom stereocenters. The van der Waals surface area contributed by atoms with Gasteiger partial charge in [-0.1, -0.05) is 41.5 Å². The monoisotopic (exact) mass is 1260 g/mol. The zero-order chi connectivity index (χ0) is 64.3. The van der Waals surface area contributed by atoms with Gasteiger partial charge in [0.25, 0.3) is 0 Å². The molecule has 6 aromatic heterocycles. The highest BCUT2D eigenvalue weighted by Gasteiger charge is 2.37. The summed E-state index contributed by atoms with van der Waals surface area (Å²) < 4.78 is 97.6. The lowest BCUT2D eigenvalue weighted by atomic mass is 9.92. The number of hydrogen-bond acceptors (Lipinski definition) is 15. The van der Waals surface area contributed by atoms with Crippen molar-refractivity contribution in [3.63, 3.8) is 0 Å². The molecule has 0 unspecified atom stereocenters. The summed E-state index contributed by atoms with van der Waals surface area (Å²) in [4.78, 5) is 47.3. The van der Waals surface area contributed by atoms with E-state index in [-0.39, 0.29) is 110 Å². The number of aliphatic hydroxyl groups is 2. The first-order chi connectivity index (χ1) is 41.6. The first-order valence-electron chi connectivity index (χ1n) is 29.5. The highest BCUT2D eigenvalue weighted by molar-refractivity contribution is 6.63. The molecule has 0 bridgehead atoms. The Kier molecular flexibility index (Phi) is 25.7. The van der Waals surface area contributed by atoms with Gasteiger partial charge in [0, 0.05) is 113 Å². The quantitative estimate of drug-likeness (QED) is 0.0261. The van der Waals surface area contributed by atoms with Crippen LogP contribution in [0.3, 0.4) is 0 Å². The van der Waals surface area contributed by atoms with Crippen LogP contribution in [0.5, 0.6) is 0 Å². The Bertz CT molecular complexity index is 3040. The van der Waals surface area contributed by atoms with Crippen molar-refractivity contribution in [1.82, 2.24) is 54.9 Å². The molecule has 9 rings (SSSR count). The molecule has 0 radical (unpaired) electrons. The predicted molar refractivity (Wildman–Crippen MR) is 320 cm³/mol. The van der Waals surface area contributed by atoms with E-state index in [4.69, 9.17) is 22.4 Å². The Morgan fingerprint density at radius 1 is 0.534 bits per heavy atom. The van der Waals surface area contributed by atoms with Crippen molar-refractivity contribution >= 4 is 46.1 Å². The van der Waals surface area contributed by atoms with Gasteiger partial charge in [-0.15, -0.1) is 0 Å². The molecular formula is C60H81ClF7N15O5. The first kappa shape index (κ1) is 69.9. The molecule has 3 aliphatic carbocycles. The fourth-order valence-electron chi connectivity index (χ4n) is 9.28. The largest absolute Gasteiger partial charge is 0.390 e. The van der Waals surface area contributed by atoms with Gasteiger partial charge < -0.3 is 42.5 Å². The van der Waals surface area contributed by atoms with Gasteiger partial charge in [-0.25, -0.2) is 59.7 Å². The van der Waals surface area contributed by atoms with Crippen molar-refractivity contribution in [3.05, 3.63) is 107 Å². The van der Waals surface area contributed by atoms with Crippen LogP contribution in [0, 0.1) is 17.8 Å². The number of alkyl halides is 7. The third-order valence-corrected chi connectivity index (χ3v) is 15.0. The summed E-state index contributed by atoms with van der Waals surface area (Å²) >= 11 is 4.97. The molecule has 0 spiro atoms. The van der Waals surface area contributed by atoms with Crippen LogP contribution in [0.2, 0.25) is 0 Å². The molecule has 0 saturated heterocycles. The van der Waals surface area contributed by atoms with Crippen LogP contribution in [0.1, 0.15) is 152 Å². The Hall–Kier alpha value is -7.23. The molecule has 0 aliphatic heterocycles. The Labute approximate surface area is 512 Å². The number of nitrogens with one attached hydrogen (secondary N) is 5. The van der Waals surface area contributed by atoms with E-state index >= 15 is 0 Å². The Morgan fingerprint density at radius 2 is 0.830 bits per heavy atom. The first-order valence-corrected chi connectivity index (χ1v) is 29.9. The fraction of sp³-hybridized carbons (Fsp3) is 0.550. The van der Waals surface area contributed by atoms with Crippen LogP contribution >= 0.6 is 11.6 Å². The summed E-state index contributed by atoms with van der Waals surface area (Å²) in [7, 11) is 0. The second kappa shape index (κ2) is 32.3. The minimum Gasteiger partial charge on any atom is -0.390 e. The minimum absolute atomic E-state index is 0.0216. The zero-order valence-electron chi connectivity index (χ0n) is 50.4. The van der Waals surface area contributed by atoms with Crippen LogP contribution in [0.25, 0.3) is 17.5 Å². The van der Waals surface area contributed by atoms with Gasteiger partial charge in [0.2, 0.25) is 34.8 Å². The number of halogens is 8. The molecule has 3 saturated carbocycles. The van der Waals surface area contributed by atoms with Crippen LogP contribution in [0.15, 0.2) is 73.2 Å². The summed E-state index contributed by atoms with van der Waals surface area (Å²) in [6.07, 6.45) is 6.48. The number of amides is 2. The van der Waals surface area contributed by atoms with E-state index in [2.05, 4.69) is 56.8 Å². The number of pyridine rings is 3. The number of carbonyl (C=O) groups excluding carboxylic acids is 3. The van der Waals surface area contributed by atoms with Crippen molar-refractivity contribution in [2.45, 2.75) is 194 Å². The maximum Gasteiger partial charge on any atom is 0.248 e. The van der Waals surface area contributed by atoms with Gasteiger partial charge >= 0.3 is 0 Å². The molecular weight excluding hydrogens is 1180 g/mol. The highest BCUT2D eigenvalue weighted by Crippen LogP contribution is 2.37. The van der Waals surface area contributed by atoms with Crippen LogP contribution in [-0.2, 0) is 53.9 Å². The van der Waals surface area contributed by atoms with Gasteiger partial charge in [0.1, 0.15) is 24.1 Å².